The van der Waals surface area contributed by atoms with Crippen LogP contribution in [0.3, 0.4) is 0 Å². The molecule has 1 atom stereocenters. The van der Waals surface area contributed by atoms with Gasteiger partial charge in [-0.05, 0) is 57.1 Å². The van der Waals surface area contributed by atoms with Gasteiger partial charge in [0.2, 0.25) is 15.9 Å². The molecule has 26 heavy (non-hydrogen) atoms. The number of piperidine rings is 1. The van der Waals surface area contributed by atoms with Crippen molar-refractivity contribution in [2.45, 2.75) is 58.8 Å². The van der Waals surface area contributed by atoms with Gasteiger partial charge in [0.1, 0.15) is 0 Å². The topological polar surface area (TPSA) is 66.5 Å². The molecule has 146 valence electrons. The zero-order valence-electron chi connectivity index (χ0n) is 16.6. The van der Waals surface area contributed by atoms with E-state index < -0.39 is 10.0 Å². The van der Waals surface area contributed by atoms with Crippen molar-refractivity contribution in [1.29, 1.82) is 0 Å². The molecule has 0 spiro atoms. The van der Waals surface area contributed by atoms with E-state index in [-0.39, 0.29) is 18.4 Å². The lowest BCUT2D eigenvalue weighted by atomic mass is 9.98. The minimum Gasteiger partial charge on any atom is -0.356 e. The average molecular weight is 381 g/mol. The molecule has 1 heterocycles. The quantitative estimate of drug-likeness (QED) is 0.824. The van der Waals surface area contributed by atoms with Crippen molar-refractivity contribution in [3.63, 3.8) is 0 Å². The highest BCUT2D eigenvalue weighted by atomic mass is 32.2. The third kappa shape index (κ3) is 4.86. The first-order valence-electron chi connectivity index (χ1n) is 9.48. The Morgan fingerprint density at radius 1 is 1.23 bits per heavy atom. The van der Waals surface area contributed by atoms with Gasteiger partial charge in [0.05, 0.1) is 10.8 Å². The summed E-state index contributed by atoms with van der Waals surface area (Å²) in [5.74, 6) is 0.241. The lowest BCUT2D eigenvalue weighted by molar-refractivity contribution is -0.126. The van der Waals surface area contributed by atoms with Gasteiger partial charge in [-0.15, -0.1) is 0 Å². The zero-order valence-corrected chi connectivity index (χ0v) is 17.4. The molecule has 5 nitrogen and oxygen atoms in total. The van der Waals surface area contributed by atoms with Crippen LogP contribution in [-0.4, -0.2) is 38.3 Å². The molecule has 1 saturated heterocycles. The van der Waals surface area contributed by atoms with Crippen LogP contribution in [0.1, 0.15) is 49.8 Å². The molecule has 2 rings (SSSR count). The fourth-order valence-corrected chi connectivity index (χ4v) is 5.64. The Bertz CT molecular complexity index is 733. The minimum atomic E-state index is -3.59. The second kappa shape index (κ2) is 8.53. The molecular formula is C20H32N2O3S. The van der Waals surface area contributed by atoms with Gasteiger partial charge >= 0.3 is 0 Å². The number of aryl methyl sites for hydroxylation is 3. The van der Waals surface area contributed by atoms with E-state index in [0.717, 1.165) is 29.5 Å². The van der Waals surface area contributed by atoms with E-state index in [2.05, 4.69) is 19.2 Å². The van der Waals surface area contributed by atoms with Crippen LogP contribution in [-0.2, 0) is 14.8 Å². The number of nitrogens with one attached hydrogen (secondary N) is 1. The number of carbonyl (C=O) groups is 1. The Hall–Kier alpha value is -1.40. The van der Waals surface area contributed by atoms with Gasteiger partial charge in [-0.2, -0.15) is 4.31 Å². The summed E-state index contributed by atoms with van der Waals surface area (Å²) in [4.78, 5) is 12.8. The van der Waals surface area contributed by atoms with Crippen molar-refractivity contribution in [2.24, 2.45) is 11.8 Å². The van der Waals surface area contributed by atoms with Crippen LogP contribution >= 0.6 is 0 Å². The molecule has 0 bridgehead atoms. The number of sulfonamides is 1. The van der Waals surface area contributed by atoms with Crippen molar-refractivity contribution in [3.05, 3.63) is 28.8 Å². The van der Waals surface area contributed by atoms with Crippen LogP contribution in [0.15, 0.2) is 17.0 Å². The highest BCUT2D eigenvalue weighted by Gasteiger charge is 2.34. The van der Waals surface area contributed by atoms with Crippen molar-refractivity contribution < 1.29 is 13.2 Å². The largest absolute Gasteiger partial charge is 0.356 e. The van der Waals surface area contributed by atoms with Crippen molar-refractivity contribution >= 4 is 15.9 Å². The summed E-state index contributed by atoms with van der Waals surface area (Å²) in [6, 6.07) is 3.81. The molecule has 1 aliphatic heterocycles. The number of amides is 1. The zero-order chi connectivity index (χ0) is 19.5. The van der Waals surface area contributed by atoms with E-state index in [9.17, 15) is 13.2 Å². The first-order chi connectivity index (χ1) is 12.1. The number of benzene rings is 1. The van der Waals surface area contributed by atoms with Gasteiger partial charge in [-0.3, -0.25) is 4.79 Å². The Morgan fingerprint density at radius 3 is 2.42 bits per heavy atom. The van der Waals surface area contributed by atoms with E-state index in [0.29, 0.717) is 30.3 Å². The Balaban J connectivity index is 2.14. The highest BCUT2D eigenvalue weighted by Crippen LogP contribution is 2.28. The van der Waals surface area contributed by atoms with Gasteiger partial charge in [0.15, 0.2) is 0 Å². The molecule has 0 aromatic heterocycles. The molecule has 0 unspecified atom stereocenters. The fourth-order valence-electron chi connectivity index (χ4n) is 3.71. The highest BCUT2D eigenvalue weighted by molar-refractivity contribution is 7.89. The number of hydrogen-bond acceptors (Lipinski definition) is 3. The molecule has 0 radical (unpaired) electrons. The third-order valence-electron chi connectivity index (χ3n) is 4.98. The summed E-state index contributed by atoms with van der Waals surface area (Å²) >= 11 is 0. The number of hydrogen-bond donors (Lipinski definition) is 1. The van der Waals surface area contributed by atoms with Gasteiger partial charge in [0.25, 0.3) is 0 Å². The number of rotatable bonds is 6. The fraction of sp³-hybridized carbons (Fsp3) is 0.650. The maximum Gasteiger partial charge on any atom is 0.243 e. The molecular weight excluding hydrogens is 348 g/mol. The second-order valence-corrected chi connectivity index (χ2v) is 9.78. The Morgan fingerprint density at radius 2 is 1.85 bits per heavy atom. The third-order valence-corrected chi connectivity index (χ3v) is 7.15. The monoisotopic (exact) mass is 380 g/mol. The van der Waals surface area contributed by atoms with Crippen LogP contribution in [0.5, 0.6) is 0 Å². The van der Waals surface area contributed by atoms with E-state index in [4.69, 9.17) is 0 Å². The summed E-state index contributed by atoms with van der Waals surface area (Å²) in [6.45, 7) is 11.3. The Kier molecular flexibility index (Phi) is 6.86. The van der Waals surface area contributed by atoms with Crippen molar-refractivity contribution in [2.75, 3.05) is 19.6 Å². The maximum absolute atomic E-state index is 13.2. The van der Waals surface area contributed by atoms with Crippen LogP contribution in [0.25, 0.3) is 0 Å². The minimum absolute atomic E-state index is 0.0251. The normalized spacial score (nSPS) is 18.9. The predicted molar refractivity (Wildman–Crippen MR) is 105 cm³/mol. The molecule has 1 amide bonds. The summed E-state index contributed by atoms with van der Waals surface area (Å²) < 4.78 is 27.9. The number of carbonyl (C=O) groups excluding carboxylic acids is 1. The molecule has 1 aromatic rings. The predicted octanol–water partition coefficient (Wildman–Crippen LogP) is 3.17. The van der Waals surface area contributed by atoms with Crippen molar-refractivity contribution in [3.8, 4) is 0 Å². The van der Waals surface area contributed by atoms with E-state index >= 15 is 0 Å². The standard InChI is InChI=1S/C20H32N2O3S/c1-14(2)8-9-21-20(23)18-7-6-10-22(13-18)26(24,25)19-16(4)11-15(3)12-17(19)5/h11-12,14,18H,6-10,13H2,1-5H3,(H,21,23)/t18-/m1/s1. The van der Waals surface area contributed by atoms with Crippen LogP contribution in [0, 0.1) is 32.6 Å². The Labute approximate surface area is 158 Å². The maximum atomic E-state index is 13.2. The first-order valence-corrected chi connectivity index (χ1v) is 10.9. The molecule has 1 N–H and O–H groups in total. The van der Waals surface area contributed by atoms with E-state index in [1.165, 1.54) is 4.31 Å². The van der Waals surface area contributed by atoms with E-state index in [1.807, 2.05) is 32.9 Å². The number of nitrogens with zero attached hydrogens (tertiary/aromatic N) is 1. The average Bonchev–Trinajstić information content (AvgIpc) is 2.53. The summed E-state index contributed by atoms with van der Waals surface area (Å²) in [7, 11) is -3.59. The molecule has 1 fully saturated rings. The van der Waals surface area contributed by atoms with E-state index in [1.54, 1.807) is 0 Å². The van der Waals surface area contributed by atoms with Crippen LogP contribution < -0.4 is 5.32 Å². The summed E-state index contributed by atoms with van der Waals surface area (Å²) in [5, 5.41) is 2.97. The molecule has 0 aliphatic carbocycles. The molecule has 1 aliphatic rings. The SMILES string of the molecule is Cc1cc(C)c(S(=O)(=O)N2CCC[C@@H](C(=O)NCCC(C)C)C2)c(C)c1. The lowest BCUT2D eigenvalue weighted by Crippen LogP contribution is -2.45. The molecule has 0 saturated carbocycles. The van der Waals surface area contributed by atoms with Gasteiger partial charge in [-0.1, -0.05) is 31.5 Å². The van der Waals surface area contributed by atoms with Crippen molar-refractivity contribution in [1.82, 2.24) is 9.62 Å². The smallest absolute Gasteiger partial charge is 0.243 e. The van der Waals surface area contributed by atoms with Crippen LogP contribution in [0.4, 0.5) is 0 Å². The second-order valence-electron chi connectivity index (χ2n) is 7.90. The van der Waals surface area contributed by atoms with Gasteiger partial charge < -0.3 is 5.32 Å². The molecule has 1 aromatic carbocycles. The summed E-state index contributed by atoms with van der Waals surface area (Å²) in [6.07, 6.45) is 2.39. The van der Waals surface area contributed by atoms with Gasteiger partial charge in [-0.25, -0.2) is 8.42 Å². The first kappa shape index (κ1) is 20.9. The summed E-state index contributed by atoms with van der Waals surface area (Å²) in [5.41, 5.74) is 2.59. The lowest BCUT2D eigenvalue weighted by Gasteiger charge is -2.32. The molecule has 6 heteroatoms. The van der Waals surface area contributed by atoms with Crippen LogP contribution in [0.2, 0.25) is 0 Å². The van der Waals surface area contributed by atoms with Gasteiger partial charge in [0, 0.05) is 19.6 Å².